The minimum atomic E-state index is -0.525. The summed E-state index contributed by atoms with van der Waals surface area (Å²) in [5.41, 5.74) is 3.36. The van der Waals surface area contributed by atoms with E-state index in [1.165, 1.54) is 0 Å². The number of nitriles is 1. The van der Waals surface area contributed by atoms with Crippen LogP contribution in [0.15, 0.2) is 103 Å². The van der Waals surface area contributed by atoms with E-state index in [0.29, 0.717) is 23.6 Å². The Morgan fingerprint density at radius 3 is 2.54 bits per heavy atom. The zero-order valence-electron chi connectivity index (χ0n) is 21.1. The van der Waals surface area contributed by atoms with Gasteiger partial charge in [-0.2, -0.15) is 10.4 Å². The fourth-order valence-electron chi connectivity index (χ4n) is 4.05. The number of nitrogens with one attached hydrogen (secondary N) is 2. The molecule has 2 aromatic carbocycles. The Morgan fingerprint density at radius 1 is 1.08 bits per heavy atom. The number of aryl methyl sites for hydroxylation is 1. The second kappa shape index (κ2) is 12.5. The normalized spacial score (nSPS) is 18.5. The predicted octanol–water partition coefficient (Wildman–Crippen LogP) is 5.04. The number of nitrogens with zero attached hydrogens (tertiary/aromatic N) is 3. The summed E-state index contributed by atoms with van der Waals surface area (Å²) in [5.74, 6) is 1.40. The van der Waals surface area contributed by atoms with Crippen LogP contribution in [0.4, 0.5) is 0 Å². The van der Waals surface area contributed by atoms with Crippen molar-refractivity contribution in [2.45, 2.75) is 31.7 Å². The van der Waals surface area contributed by atoms with Crippen molar-refractivity contribution in [2.75, 3.05) is 6.54 Å². The van der Waals surface area contributed by atoms with Crippen molar-refractivity contribution in [1.82, 2.24) is 20.4 Å². The quantitative estimate of drug-likeness (QED) is 0.436. The largest absolute Gasteiger partial charge is 0.454 e. The van der Waals surface area contributed by atoms with Crippen molar-refractivity contribution in [2.24, 2.45) is 7.05 Å². The maximum absolute atomic E-state index is 13.5. The Morgan fingerprint density at radius 2 is 1.84 bits per heavy atom. The summed E-state index contributed by atoms with van der Waals surface area (Å²) in [5, 5.41) is 19.7. The Labute approximate surface area is 217 Å². The van der Waals surface area contributed by atoms with E-state index in [9.17, 15) is 4.79 Å². The standard InChI is InChI=1S/C30H31N5O2/c1-22(24-14-12-23(18-31)13-15-24)19-32-29(25-8-4-3-5-9-25)30(36)34-26-10-6-7-11-27(17-16-26)37-28-20-33-35(2)21-28/h3-5,8-17,20-22,29,32H,6-7,19H2,1-2H3,(H,34,36)/b17-16-,26-10+,27-11-/t22-,29?/m0/s1. The smallest absolute Gasteiger partial charge is 0.246 e. The molecule has 1 amide bonds. The van der Waals surface area contributed by atoms with Gasteiger partial charge in [0.25, 0.3) is 0 Å². The van der Waals surface area contributed by atoms with Crippen LogP contribution in [0.3, 0.4) is 0 Å². The number of hydrogen-bond donors (Lipinski definition) is 2. The van der Waals surface area contributed by atoms with Crippen molar-refractivity contribution in [3.8, 4) is 11.8 Å². The monoisotopic (exact) mass is 493 g/mol. The first-order valence-electron chi connectivity index (χ1n) is 12.4. The van der Waals surface area contributed by atoms with Gasteiger partial charge in [0.15, 0.2) is 5.75 Å². The van der Waals surface area contributed by atoms with Crippen LogP contribution in [-0.2, 0) is 11.8 Å². The van der Waals surface area contributed by atoms with E-state index in [0.717, 1.165) is 29.7 Å². The fraction of sp³-hybridized carbons (Fsp3) is 0.233. The molecular formula is C30H31N5O2. The van der Waals surface area contributed by atoms with E-state index in [-0.39, 0.29) is 11.8 Å². The third kappa shape index (κ3) is 7.29. The molecule has 2 atom stereocenters. The van der Waals surface area contributed by atoms with Gasteiger partial charge < -0.3 is 15.4 Å². The lowest BCUT2D eigenvalue weighted by Gasteiger charge is -2.22. The third-order valence-electron chi connectivity index (χ3n) is 6.12. The summed E-state index contributed by atoms with van der Waals surface area (Å²) < 4.78 is 7.61. The Balaban J connectivity index is 1.43. The number of ether oxygens (including phenoxy) is 1. The number of carbonyl (C=O) groups is 1. The highest BCUT2D eigenvalue weighted by atomic mass is 16.5. The Hall–Kier alpha value is -4.41. The molecule has 3 aromatic rings. The number of hydrogen-bond acceptors (Lipinski definition) is 5. The first-order valence-corrected chi connectivity index (χ1v) is 12.4. The Kier molecular flexibility index (Phi) is 8.69. The van der Waals surface area contributed by atoms with E-state index < -0.39 is 6.04 Å². The highest BCUT2D eigenvalue weighted by Gasteiger charge is 2.22. The minimum absolute atomic E-state index is 0.131. The van der Waals surface area contributed by atoms with Gasteiger partial charge in [0.1, 0.15) is 11.8 Å². The van der Waals surface area contributed by atoms with Gasteiger partial charge >= 0.3 is 0 Å². The average molecular weight is 494 g/mol. The maximum Gasteiger partial charge on any atom is 0.246 e. The van der Waals surface area contributed by atoms with Crippen LogP contribution in [0.5, 0.6) is 5.75 Å². The van der Waals surface area contributed by atoms with Crippen molar-refractivity contribution < 1.29 is 9.53 Å². The summed E-state index contributed by atoms with van der Waals surface area (Å²) in [6.07, 6.45) is 12.8. The van der Waals surface area contributed by atoms with Gasteiger partial charge in [-0.25, -0.2) is 0 Å². The molecular weight excluding hydrogens is 462 g/mol. The SMILES string of the molecule is C[C@@H](CNC(C(=O)NC1=C/CC/C=C(Oc2cnn(C)c2)/C=C\1)c1ccccc1)c1ccc(C#N)cc1. The highest BCUT2D eigenvalue weighted by molar-refractivity contribution is 5.85. The number of amides is 1. The lowest BCUT2D eigenvalue weighted by Crippen LogP contribution is -2.38. The zero-order chi connectivity index (χ0) is 26.0. The molecule has 1 aliphatic rings. The molecule has 4 rings (SSSR count). The van der Waals surface area contributed by atoms with Gasteiger partial charge in [-0.05, 0) is 60.2 Å². The lowest BCUT2D eigenvalue weighted by atomic mass is 9.98. The molecule has 2 N–H and O–H groups in total. The summed E-state index contributed by atoms with van der Waals surface area (Å²) in [4.78, 5) is 13.5. The van der Waals surface area contributed by atoms with Gasteiger partial charge in [-0.3, -0.25) is 9.48 Å². The molecule has 1 unspecified atom stereocenters. The van der Waals surface area contributed by atoms with Crippen LogP contribution < -0.4 is 15.4 Å². The van der Waals surface area contributed by atoms with Crippen LogP contribution in [-0.4, -0.2) is 22.2 Å². The number of allylic oxidation sites excluding steroid dienone is 4. The van der Waals surface area contributed by atoms with Crippen molar-refractivity contribution in [3.05, 3.63) is 119 Å². The maximum atomic E-state index is 13.5. The molecule has 0 saturated heterocycles. The summed E-state index contributed by atoms with van der Waals surface area (Å²) in [6.45, 7) is 2.70. The van der Waals surface area contributed by atoms with E-state index in [4.69, 9.17) is 10.00 Å². The van der Waals surface area contributed by atoms with Crippen LogP contribution in [0, 0.1) is 11.3 Å². The zero-order valence-corrected chi connectivity index (χ0v) is 21.1. The van der Waals surface area contributed by atoms with Gasteiger partial charge in [0.05, 0.1) is 24.0 Å². The summed E-state index contributed by atoms with van der Waals surface area (Å²) >= 11 is 0. The topological polar surface area (TPSA) is 92.0 Å². The number of carbonyl (C=O) groups excluding carboxylic acids is 1. The molecule has 1 aromatic heterocycles. The predicted molar refractivity (Wildman–Crippen MR) is 143 cm³/mol. The van der Waals surface area contributed by atoms with E-state index >= 15 is 0 Å². The molecule has 0 radical (unpaired) electrons. The van der Waals surface area contributed by atoms with Crippen LogP contribution in [0.1, 0.15) is 48.4 Å². The molecule has 0 saturated carbocycles. The first-order chi connectivity index (χ1) is 18.0. The molecule has 1 aliphatic carbocycles. The van der Waals surface area contributed by atoms with E-state index in [1.807, 2.05) is 85.9 Å². The second-order valence-corrected chi connectivity index (χ2v) is 9.00. The molecule has 7 nitrogen and oxygen atoms in total. The summed E-state index contributed by atoms with van der Waals surface area (Å²) in [6, 6.07) is 18.9. The number of benzene rings is 2. The number of aromatic nitrogens is 2. The lowest BCUT2D eigenvalue weighted by molar-refractivity contribution is -0.122. The molecule has 1 heterocycles. The van der Waals surface area contributed by atoms with Crippen LogP contribution >= 0.6 is 0 Å². The minimum Gasteiger partial charge on any atom is -0.454 e. The molecule has 0 aliphatic heterocycles. The summed E-state index contributed by atoms with van der Waals surface area (Å²) in [7, 11) is 1.84. The first kappa shape index (κ1) is 25.7. The fourth-order valence-corrected chi connectivity index (χ4v) is 4.05. The highest BCUT2D eigenvalue weighted by Crippen LogP contribution is 2.20. The molecule has 0 bridgehead atoms. The third-order valence-corrected chi connectivity index (χ3v) is 6.12. The van der Waals surface area contributed by atoms with E-state index in [1.54, 1.807) is 17.1 Å². The molecule has 0 spiro atoms. The Bertz CT molecular complexity index is 1330. The van der Waals surface area contributed by atoms with Crippen molar-refractivity contribution >= 4 is 5.91 Å². The average Bonchev–Trinajstić information content (AvgIpc) is 3.32. The van der Waals surface area contributed by atoms with Crippen LogP contribution in [0.2, 0.25) is 0 Å². The molecule has 0 fully saturated rings. The van der Waals surface area contributed by atoms with Gasteiger partial charge in [-0.1, -0.05) is 55.5 Å². The van der Waals surface area contributed by atoms with Crippen molar-refractivity contribution in [1.29, 1.82) is 5.26 Å². The molecule has 37 heavy (non-hydrogen) atoms. The van der Waals surface area contributed by atoms with Crippen LogP contribution in [0.25, 0.3) is 0 Å². The molecule has 188 valence electrons. The van der Waals surface area contributed by atoms with Gasteiger partial charge in [-0.15, -0.1) is 0 Å². The van der Waals surface area contributed by atoms with Gasteiger partial charge in [0.2, 0.25) is 5.91 Å². The van der Waals surface area contributed by atoms with E-state index in [2.05, 4.69) is 28.7 Å². The number of rotatable bonds is 9. The molecule has 7 heteroatoms. The van der Waals surface area contributed by atoms with Gasteiger partial charge in [0, 0.05) is 19.3 Å². The second-order valence-electron chi connectivity index (χ2n) is 9.00. The van der Waals surface area contributed by atoms with Crippen molar-refractivity contribution in [3.63, 3.8) is 0 Å².